The van der Waals surface area contributed by atoms with Crippen molar-refractivity contribution in [2.45, 2.75) is 50.9 Å². The molecule has 0 fully saturated rings. The van der Waals surface area contributed by atoms with E-state index >= 15 is 0 Å². The monoisotopic (exact) mass is 893 g/mol. The molecule has 0 saturated heterocycles. The van der Waals surface area contributed by atoms with Crippen LogP contribution in [0.5, 0.6) is 34.5 Å². The largest absolute Gasteiger partial charge is 0.456 e. The number of furan rings is 1. The Balaban J connectivity index is 1.13. The third-order valence-corrected chi connectivity index (χ3v) is 15.1. The van der Waals surface area contributed by atoms with Crippen LogP contribution in [0.15, 0.2) is 186 Å². The number of anilines is 3. The molecule has 1 spiro atoms. The SMILES string of the molecule is CC(C)(C)c1ccc(N(c2ccc3c(c2)oc2ccccc23)c2cc3c(c4c2Oc2ccccc2C4(C)C)C=Cc2cc4c(cc2C32c3ccccc3-c3ccccc32)Oc2ccccc2O4)cc1. The van der Waals surface area contributed by atoms with Gasteiger partial charge in [0.2, 0.25) is 0 Å². The maximum atomic E-state index is 7.43. The minimum atomic E-state index is -0.821. The number of hydrogen-bond donors (Lipinski definition) is 0. The van der Waals surface area contributed by atoms with E-state index in [0.29, 0.717) is 23.0 Å². The molecule has 3 heterocycles. The average Bonchev–Trinajstić information content (AvgIpc) is 3.84. The van der Waals surface area contributed by atoms with Gasteiger partial charge in [-0.3, -0.25) is 0 Å². The van der Waals surface area contributed by atoms with Crippen molar-refractivity contribution in [3.63, 3.8) is 0 Å². The fourth-order valence-electron chi connectivity index (χ4n) is 11.9. The van der Waals surface area contributed by atoms with Crippen LogP contribution in [0, 0.1) is 0 Å². The van der Waals surface area contributed by atoms with Gasteiger partial charge in [-0.2, -0.15) is 0 Å². The Morgan fingerprint density at radius 1 is 0.449 bits per heavy atom. The van der Waals surface area contributed by atoms with E-state index in [-0.39, 0.29) is 5.41 Å². The molecule has 0 unspecified atom stereocenters. The fourth-order valence-corrected chi connectivity index (χ4v) is 11.9. The molecule has 4 aliphatic rings. The Labute approximate surface area is 401 Å². The minimum absolute atomic E-state index is 0.0397. The molecule has 14 rings (SSSR count). The van der Waals surface area contributed by atoms with Gasteiger partial charge in [-0.1, -0.05) is 156 Å². The first-order chi connectivity index (χ1) is 33.6. The van der Waals surface area contributed by atoms with Gasteiger partial charge in [-0.25, -0.2) is 0 Å². The molecule has 2 aliphatic heterocycles. The van der Waals surface area contributed by atoms with Gasteiger partial charge in [0.15, 0.2) is 28.7 Å². The number of rotatable bonds is 3. The van der Waals surface area contributed by atoms with Crippen LogP contribution >= 0.6 is 0 Å². The van der Waals surface area contributed by atoms with Crippen molar-refractivity contribution in [1.82, 2.24) is 0 Å². The smallest absolute Gasteiger partial charge is 0.170 e. The molecule has 0 atom stereocenters. The summed E-state index contributed by atoms with van der Waals surface area (Å²) >= 11 is 0. The molecule has 10 aromatic rings. The third kappa shape index (κ3) is 5.59. The predicted molar refractivity (Wildman–Crippen MR) is 279 cm³/mol. The van der Waals surface area contributed by atoms with Crippen molar-refractivity contribution >= 4 is 51.2 Å². The number of fused-ring (bicyclic) bond motifs is 17. The summed E-state index contributed by atoms with van der Waals surface area (Å²) in [7, 11) is 0. The number of benzene rings is 9. The Hall–Kier alpha value is -8.28. The third-order valence-electron chi connectivity index (χ3n) is 15.1. The standard InChI is InChI=1S/C64H47NO4/c1-62(2,3)39-27-29-40(30-28-39)65(41-31-33-45-44-18-8-12-22-53(44)66-57(45)35-41)52-36-51-46(60-61(52)69-54-23-13-11-21-49(54)63(60,4)5)32-26-38-34-58-59(68-56-25-15-14-24-55(56)67-58)37-50(38)64(51)47-19-9-6-16-42(47)43-17-7-10-20-48(43)64/h6-37H,1-5H3. The normalized spacial score (nSPS) is 15.0. The molecule has 0 radical (unpaired) electrons. The van der Waals surface area contributed by atoms with Gasteiger partial charge < -0.3 is 23.5 Å². The lowest BCUT2D eigenvalue weighted by molar-refractivity contribution is 0.358. The Bertz CT molecular complexity index is 3800. The molecule has 0 bridgehead atoms. The molecule has 5 nitrogen and oxygen atoms in total. The van der Waals surface area contributed by atoms with Crippen molar-refractivity contribution in [1.29, 1.82) is 0 Å². The second-order valence-corrected chi connectivity index (χ2v) is 20.4. The molecule has 1 aromatic heterocycles. The van der Waals surface area contributed by atoms with E-state index in [2.05, 4.69) is 197 Å². The summed E-state index contributed by atoms with van der Waals surface area (Å²) in [5.41, 5.74) is 16.0. The Morgan fingerprint density at radius 3 is 1.75 bits per heavy atom. The first-order valence-electron chi connectivity index (χ1n) is 23.9. The summed E-state index contributed by atoms with van der Waals surface area (Å²) in [6.07, 6.45) is 4.62. The highest BCUT2D eigenvalue weighted by Gasteiger charge is 2.52. The van der Waals surface area contributed by atoms with Gasteiger partial charge in [0, 0.05) is 39.1 Å². The zero-order valence-electron chi connectivity index (χ0n) is 39.1. The van der Waals surface area contributed by atoms with Crippen LogP contribution < -0.4 is 19.1 Å². The predicted octanol–water partition coefficient (Wildman–Crippen LogP) is 17.5. The zero-order chi connectivity index (χ0) is 46.4. The maximum absolute atomic E-state index is 7.43. The molecule has 69 heavy (non-hydrogen) atoms. The van der Waals surface area contributed by atoms with Crippen LogP contribution in [0.3, 0.4) is 0 Å². The van der Waals surface area contributed by atoms with Crippen molar-refractivity contribution in [2.75, 3.05) is 4.90 Å². The van der Waals surface area contributed by atoms with Gasteiger partial charge in [-0.05, 0) is 122 Å². The lowest BCUT2D eigenvalue weighted by atomic mass is 9.63. The summed E-state index contributed by atoms with van der Waals surface area (Å²) in [5.74, 6) is 4.42. The van der Waals surface area contributed by atoms with E-state index in [4.69, 9.17) is 18.6 Å². The van der Waals surface area contributed by atoms with Crippen LogP contribution in [0.1, 0.15) is 84.7 Å². The molecule has 332 valence electrons. The molecular formula is C64H47NO4. The molecule has 0 saturated carbocycles. The number of hydrogen-bond acceptors (Lipinski definition) is 5. The van der Waals surface area contributed by atoms with Gasteiger partial charge >= 0.3 is 0 Å². The van der Waals surface area contributed by atoms with Crippen molar-refractivity contribution in [3.8, 4) is 45.6 Å². The van der Waals surface area contributed by atoms with E-state index in [0.717, 1.165) is 83.9 Å². The van der Waals surface area contributed by atoms with Gasteiger partial charge in [0.1, 0.15) is 16.9 Å². The molecular weight excluding hydrogens is 847 g/mol. The van der Waals surface area contributed by atoms with Crippen molar-refractivity contribution < 1.29 is 18.6 Å². The molecule has 0 N–H and O–H groups in total. The van der Waals surface area contributed by atoms with Crippen LogP contribution in [-0.2, 0) is 16.2 Å². The topological polar surface area (TPSA) is 44.1 Å². The summed E-state index contributed by atoms with van der Waals surface area (Å²) in [6.45, 7) is 11.5. The maximum Gasteiger partial charge on any atom is 0.170 e. The van der Waals surface area contributed by atoms with Gasteiger partial charge in [-0.15, -0.1) is 0 Å². The van der Waals surface area contributed by atoms with E-state index in [1.165, 1.54) is 27.8 Å². The van der Waals surface area contributed by atoms with Crippen LogP contribution in [0.4, 0.5) is 17.1 Å². The average molecular weight is 894 g/mol. The minimum Gasteiger partial charge on any atom is -0.456 e. The van der Waals surface area contributed by atoms with Crippen LogP contribution in [0.25, 0.3) is 45.2 Å². The summed E-state index contributed by atoms with van der Waals surface area (Å²) in [6, 6.07) is 65.2. The summed E-state index contributed by atoms with van der Waals surface area (Å²) < 4.78 is 27.5. The molecule has 2 aliphatic carbocycles. The lowest BCUT2D eigenvalue weighted by Crippen LogP contribution is -2.33. The van der Waals surface area contributed by atoms with Gasteiger partial charge in [0.05, 0.1) is 16.8 Å². The van der Waals surface area contributed by atoms with E-state index < -0.39 is 10.8 Å². The van der Waals surface area contributed by atoms with Crippen molar-refractivity contribution in [2.24, 2.45) is 0 Å². The fraction of sp³-hybridized carbons (Fsp3) is 0.125. The number of ether oxygens (including phenoxy) is 3. The highest BCUT2D eigenvalue weighted by atomic mass is 16.6. The van der Waals surface area contributed by atoms with Gasteiger partial charge in [0.25, 0.3) is 0 Å². The molecule has 9 aromatic carbocycles. The first-order valence-corrected chi connectivity index (χ1v) is 23.9. The summed E-state index contributed by atoms with van der Waals surface area (Å²) in [5, 5.41) is 2.17. The van der Waals surface area contributed by atoms with Crippen LogP contribution in [-0.4, -0.2) is 0 Å². The quantitative estimate of drug-likeness (QED) is 0.177. The Kier molecular flexibility index (Phi) is 8.16. The van der Waals surface area contributed by atoms with E-state index in [1.54, 1.807) is 0 Å². The van der Waals surface area contributed by atoms with Crippen LogP contribution in [0.2, 0.25) is 0 Å². The van der Waals surface area contributed by atoms with Crippen molar-refractivity contribution in [3.05, 3.63) is 232 Å². The van der Waals surface area contributed by atoms with E-state index in [1.807, 2.05) is 36.4 Å². The van der Waals surface area contributed by atoms with E-state index in [9.17, 15) is 0 Å². The second-order valence-electron chi connectivity index (χ2n) is 20.4. The number of para-hydroxylation sites is 4. The molecule has 0 amide bonds. The lowest BCUT2D eigenvalue weighted by Gasteiger charge is -2.42. The summed E-state index contributed by atoms with van der Waals surface area (Å²) in [4.78, 5) is 2.39. The zero-order valence-corrected chi connectivity index (χ0v) is 39.1. The second kappa shape index (κ2) is 14.1. The highest BCUT2D eigenvalue weighted by Crippen LogP contribution is 2.64. The Morgan fingerprint density at radius 2 is 1.04 bits per heavy atom. The first kappa shape index (κ1) is 39.8. The highest BCUT2D eigenvalue weighted by molar-refractivity contribution is 6.06. The number of nitrogens with zero attached hydrogens (tertiary/aromatic N) is 1. The molecule has 5 heteroatoms.